The van der Waals surface area contributed by atoms with E-state index in [9.17, 15) is 9.18 Å². The molecule has 0 aromatic rings. The van der Waals surface area contributed by atoms with E-state index < -0.39 is 6.17 Å². The summed E-state index contributed by atoms with van der Waals surface area (Å²) in [4.78, 5) is 13.7. The first-order valence-corrected chi connectivity index (χ1v) is 5.26. The highest BCUT2D eigenvalue weighted by Gasteiger charge is 2.41. The molecule has 0 aromatic heterocycles. The number of carbonyl (C=O) groups is 1. The normalized spacial score (nSPS) is 37.9. The van der Waals surface area contributed by atoms with Gasteiger partial charge in [-0.3, -0.25) is 4.79 Å². The standard InChI is InChI=1S/C10H17FN2O/c1-10(3-4-12-7-10)9(14)13-5-2-8(11)6-13/h8,12H,2-7H2,1H3. The van der Waals surface area contributed by atoms with Crippen LogP contribution >= 0.6 is 0 Å². The molecule has 2 fully saturated rings. The van der Waals surface area contributed by atoms with Crippen LogP contribution in [0.5, 0.6) is 0 Å². The van der Waals surface area contributed by atoms with Gasteiger partial charge in [-0.15, -0.1) is 0 Å². The summed E-state index contributed by atoms with van der Waals surface area (Å²) in [6, 6.07) is 0. The number of hydrogen-bond donors (Lipinski definition) is 1. The lowest BCUT2D eigenvalue weighted by atomic mass is 9.88. The molecule has 0 spiro atoms. The molecule has 2 aliphatic rings. The topological polar surface area (TPSA) is 32.3 Å². The van der Waals surface area contributed by atoms with Crippen molar-refractivity contribution < 1.29 is 9.18 Å². The third kappa shape index (κ3) is 1.63. The van der Waals surface area contributed by atoms with Crippen LogP contribution in [0.1, 0.15) is 19.8 Å². The van der Waals surface area contributed by atoms with Gasteiger partial charge in [-0.05, 0) is 26.3 Å². The summed E-state index contributed by atoms with van der Waals surface area (Å²) in [5, 5.41) is 3.19. The zero-order chi connectivity index (χ0) is 10.2. The van der Waals surface area contributed by atoms with Gasteiger partial charge in [-0.25, -0.2) is 4.39 Å². The van der Waals surface area contributed by atoms with E-state index in [1.807, 2.05) is 6.92 Å². The van der Waals surface area contributed by atoms with Gasteiger partial charge in [0.2, 0.25) is 5.91 Å². The van der Waals surface area contributed by atoms with Crippen molar-refractivity contribution in [3.05, 3.63) is 0 Å². The Morgan fingerprint density at radius 2 is 2.43 bits per heavy atom. The summed E-state index contributed by atoms with van der Waals surface area (Å²) in [6.45, 7) is 4.50. The van der Waals surface area contributed by atoms with Crippen molar-refractivity contribution in [2.24, 2.45) is 5.41 Å². The van der Waals surface area contributed by atoms with Crippen LogP contribution in [0.4, 0.5) is 4.39 Å². The minimum Gasteiger partial charge on any atom is -0.339 e. The van der Waals surface area contributed by atoms with Crippen molar-refractivity contribution in [3.8, 4) is 0 Å². The zero-order valence-corrected chi connectivity index (χ0v) is 8.55. The van der Waals surface area contributed by atoms with Gasteiger partial charge in [0.25, 0.3) is 0 Å². The van der Waals surface area contributed by atoms with Gasteiger partial charge in [-0.1, -0.05) is 0 Å². The average Bonchev–Trinajstić information content (AvgIpc) is 2.74. The van der Waals surface area contributed by atoms with E-state index in [0.29, 0.717) is 19.5 Å². The van der Waals surface area contributed by atoms with Crippen LogP contribution in [0.2, 0.25) is 0 Å². The molecule has 1 amide bonds. The van der Waals surface area contributed by atoms with Crippen LogP contribution in [-0.2, 0) is 4.79 Å². The fourth-order valence-corrected chi connectivity index (χ4v) is 2.28. The summed E-state index contributed by atoms with van der Waals surface area (Å²) in [5.74, 6) is 0.127. The minimum absolute atomic E-state index is 0.127. The molecule has 2 rings (SSSR count). The predicted molar refractivity (Wildman–Crippen MR) is 51.7 cm³/mol. The second-order valence-corrected chi connectivity index (χ2v) is 4.62. The fourth-order valence-electron chi connectivity index (χ4n) is 2.28. The van der Waals surface area contributed by atoms with E-state index in [2.05, 4.69) is 5.32 Å². The smallest absolute Gasteiger partial charge is 0.229 e. The summed E-state index contributed by atoms with van der Waals surface area (Å²) in [7, 11) is 0. The van der Waals surface area contributed by atoms with Crippen LogP contribution in [0.15, 0.2) is 0 Å². The number of rotatable bonds is 1. The number of likely N-dealkylation sites (tertiary alicyclic amines) is 1. The number of nitrogens with zero attached hydrogens (tertiary/aromatic N) is 1. The molecule has 2 heterocycles. The maximum absolute atomic E-state index is 12.9. The number of hydrogen-bond acceptors (Lipinski definition) is 2. The van der Waals surface area contributed by atoms with Gasteiger partial charge in [-0.2, -0.15) is 0 Å². The molecule has 0 aliphatic carbocycles. The van der Waals surface area contributed by atoms with E-state index in [-0.39, 0.29) is 11.3 Å². The van der Waals surface area contributed by atoms with Crippen molar-refractivity contribution in [3.63, 3.8) is 0 Å². The van der Waals surface area contributed by atoms with Crippen molar-refractivity contribution in [2.45, 2.75) is 25.9 Å². The Hall–Kier alpha value is -0.640. The van der Waals surface area contributed by atoms with E-state index in [0.717, 1.165) is 19.5 Å². The Morgan fingerprint density at radius 3 is 2.93 bits per heavy atom. The maximum atomic E-state index is 12.9. The average molecular weight is 200 g/mol. The molecule has 4 heteroatoms. The Bertz CT molecular complexity index is 238. The summed E-state index contributed by atoms with van der Waals surface area (Å²) >= 11 is 0. The minimum atomic E-state index is -0.808. The van der Waals surface area contributed by atoms with Gasteiger partial charge in [0.15, 0.2) is 0 Å². The van der Waals surface area contributed by atoms with Crippen LogP contribution in [0, 0.1) is 5.41 Å². The SMILES string of the molecule is CC1(C(=O)N2CCC(F)C2)CCNC1. The third-order valence-corrected chi connectivity index (χ3v) is 3.30. The van der Waals surface area contributed by atoms with Crippen LogP contribution < -0.4 is 5.32 Å². The molecule has 2 saturated heterocycles. The highest BCUT2D eigenvalue weighted by atomic mass is 19.1. The number of alkyl halides is 1. The molecule has 14 heavy (non-hydrogen) atoms. The first-order chi connectivity index (χ1) is 6.62. The van der Waals surface area contributed by atoms with Gasteiger partial charge in [0.05, 0.1) is 12.0 Å². The Morgan fingerprint density at radius 1 is 1.64 bits per heavy atom. The van der Waals surface area contributed by atoms with Crippen LogP contribution in [-0.4, -0.2) is 43.2 Å². The Labute approximate surface area is 83.6 Å². The molecule has 3 nitrogen and oxygen atoms in total. The van der Waals surface area contributed by atoms with Crippen LogP contribution in [0.25, 0.3) is 0 Å². The van der Waals surface area contributed by atoms with Crippen molar-refractivity contribution in [1.29, 1.82) is 0 Å². The largest absolute Gasteiger partial charge is 0.339 e. The first kappa shape index (κ1) is 9.90. The van der Waals surface area contributed by atoms with Gasteiger partial charge >= 0.3 is 0 Å². The Balaban J connectivity index is 2.00. The highest BCUT2D eigenvalue weighted by molar-refractivity contribution is 5.83. The molecule has 2 aliphatic heterocycles. The molecule has 0 aromatic carbocycles. The maximum Gasteiger partial charge on any atom is 0.229 e. The summed E-state index contributed by atoms with van der Waals surface area (Å²) < 4.78 is 12.9. The molecular weight excluding hydrogens is 183 g/mol. The molecule has 2 atom stereocenters. The Kier molecular flexibility index (Phi) is 2.47. The number of halogens is 1. The van der Waals surface area contributed by atoms with Crippen molar-refractivity contribution >= 4 is 5.91 Å². The third-order valence-electron chi connectivity index (χ3n) is 3.30. The fraction of sp³-hybridized carbons (Fsp3) is 0.900. The van der Waals surface area contributed by atoms with Crippen LogP contribution in [0.3, 0.4) is 0 Å². The van der Waals surface area contributed by atoms with E-state index in [1.165, 1.54) is 0 Å². The second kappa shape index (κ2) is 3.50. The number of nitrogens with one attached hydrogen (secondary N) is 1. The lowest BCUT2D eigenvalue weighted by Gasteiger charge is -2.27. The molecular formula is C10H17FN2O. The lowest BCUT2D eigenvalue weighted by Crippen LogP contribution is -2.42. The van der Waals surface area contributed by atoms with Gasteiger partial charge in [0, 0.05) is 13.1 Å². The highest BCUT2D eigenvalue weighted by Crippen LogP contribution is 2.29. The van der Waals surface area contributed by atoms with Crippen molar-refractivity contribution in [1.82, 2.24) is 10.2 Å². The van der Waals surface area contributed by atoms with E-state index in [1.54, 1.807) is 4.90 Å². The monoisotopic (exact) mass is 200 g/mol. The zero-order valence-electron chi connectivity index (χ0n) is 8.55. The molecule has 2 unspecified atom stereocenters. The summed E-state index contributed by atoms with van der Waals surface area (Å²) in [6.07, 6.45) is 0.575. The van der Waals surface area contributed by atoms with Gasteiger partial charge in [0.1, 0.15) is 6.17 Å². The van der Waals surface area contributed by atoms with Gasteiger partial charge < -0.3 is 10.2 Å². The molecule has 80 valence electrons. The number of amides is 1. The van der Waals surface area contributed by atoms with E-state index >= 15 is 0 Å². The second-order valence-electron chi connectivity index (χ2n) is 4.62. The summed E-state index contributed by atoms with van der Waals surface area (Å²) in [5.41, 5.74) is -0.288. The molecule has 0 bridgehead atoms. The molecule has 1 N–H and O–H groups in total. The number of carbonyl (C=O) groups excluding carboxylic acids is 1. The first-order valence-electron chi connectivity index (χ1n) is 5.26. The quantitative estimate of drug-likeness (QED) is 0.670. The molecule has 0 saturated carbocycles. The van der Waals surface area contributed by atoms with Crippen molar-refractivity contribution in [2.75, 3.05) is 26.2 Å². The van der Waals surface area contributed by atoms with E-state index in [4.69, 9.17) is 0 Å². The predicted octanol–water partition coefficient (Wildman–Crippen LogP) is 0.556. The molecule has 0 radical (unpaired) electrons. The lowest BCUT2D eigenvalue weighted by molar-refractivity contribution is -0.139.